The first kappa shape index (κ1) is 18.5. The van der Waals surface area contributed by atoms with Crippen LogP contribution in [-0.2, 0) is 17.6 Å². The lowest BCUT2D eigenvalue weighted by molar-refractivity contribution is -0.139. The number of nitrogens with one attached hydrogen (secondary N) is 1. The van der Waals surface area contributed by atoms with Crippen LogP contribution in [-0.4, -0.2) is 10.2 Å². The van der Waals surface area contributed by atoms with Crippen molar-refractivity contribution in [3.8, 4) is 5.75 Å². The molecular weight excluding hydrogens is 383 g/mol. The average Bonchev–Trinajstić information content (AvgIpc) is 2.90. The summed E-state index contributed by atoms with van der Waals surface area (Å²) in [6, 6.07) is 12.1. The Bertz CT molecular complexity index is 894. The maximum atomic E-state index is 13.0. The van der Waals surface area contributed by atoms with Gasteiger partial charge in [0.15, 0.2) is 0 Å². The standard InChI is InChI=1S/C18H12F3NO2S2/c19-18(20,21)13-6-1-2-7-14(13)24-10-12-5-3-4-11(8-12)9-15-16(23)22-17(25)26-15/h1-9H,10H2,(H,22,23,25). The van der Waals surface area contributed by atoms with Gasteiger partial charge in [0.1, 0.15) is 16.7 Å². The molecule has 1 aliphatic heterocycles. The fourth-order valence-corrected chi connectivity index (χ4v) is 3.38. The Morgan fingerprint density at radius 2 is 1.92 bits per heavy atom. The molecule has 0 saturated carbocycles. The van der Waals surface area contributed by atoms with Crippen LogP contribution >= 0.6 is 24.0 Å². The molecule has 0 unspecified atom stereocenters. The van der Waals surface area contributed by atoms with Crippen molar-refractivity contribution >= 4 is 40.3 Å². The molecule has 0 aliphatic carbocycles. The molecule has 3 nitrogen and oxygen atoms in total. The van der Waals surface area contributed by atoms with E-state index in [0.717, 1.165) is 23.4 Å². The summed E-state index contributed by atoms with van der Waals surface area (Å²) < 4.78 is 44.7. The van der Waals surface area contributed by atoms with E-state index in [2.05, 4.69) is 5.32 Å². The average molecular weight is 395 g/mol. The molecule has 26 heavy (non-hydrogen) atoms. The van der Waals surface area contributed by atoms with Gasteiger partial charge in [0.2, 0.25) is 0 Å². The Morgan fingerprint density at radius 1 is 1.15 bits per heavy atom. The number of hydrogen-bond donors (Lipinski definition) is 1. The third kappa shape index (κ3) is 4.44. The number of ether oxygens (including phenoxy) is 1. The van der Waals surface area contributed by atoms with Crippen molar-refractivity contribution in [3.63, 3.8) is 0 Å². The van der Waals surface area contributed by atoms with Gasteiger partial charge in [-0.1, -0.05) is 54.3 Å². The van der Waals surface area contributed by atoms with Gasteiger partial charge in [-0.05, 0) is 35.4 Å². The van der Waals surface area contributed by atoms with Crippen LogP contribution in [0.15, 0.2) is 53.4 Å². The summed E-state index contributed by atoms with van der Waals surface area (Å²) in [6.45, 7) is -0.0259. The number of hydrogen-bond acceptors (Lipinski definition) is 4. The first-order valence-electron chi connectivity index (χ1n) is 7.46. The second-order valence-electron chi connectivity index (χ2n) is 5.38. The summed E-state index contributed by atoms with van der Waals surface area (Å²) in [5, 5.41) is 2.52. The fraction of sp³-hybridized carbons (Fsp3) is 0.111. The topological polar surface area (TPSA) is 38.3 Å². The van der Waals surface area contributed by atoms with Gasteiger partial charge in [-0.2, -0.15) is 13.2 Å². The summed E-state index contributed by atoms with van der Waals surface area (Å²) in [7, 11) is 0. The first-order valence-corrected chi connectivity index (χ1v) is 8.68. The predicted octanol–water partition coefficient (Wildman–Crippen LogP) is 4.77. The van der Waals surface area contributed by atoms with Crippen LogP contribution in [0, 0.1) is 0 Å². The van der Waals surface area contributed by atoms with Crippen molar-refractivity contribution in [1.29, 1.82) is 0 Å². The highest BCUT2D eigenvalue weighted by Gasteiger charge is 2.34. The molecule has 1 aliphatic rings. The van der Waals surface area contributed by atoms with E-state index < -0.39 is 11.7 Å². The number of carbonyl (C=O) groups is 1. The second kappa shape index (κ2) is 7.51. The van der Waals surface area contributed by atoms with Gasteiger partial charge in [-0.25, -0.2) is 0 Å². The zero-order chi connectivity index (χ0) is 18.7. The highest BCUT2D eigenvalue weighted by atomic mass is 32.2. The minimum absolute atomic E-state index is 0.0259. The molecule has 0 bridgehead atoms. The van der Waals surface area contributed by atoms with Crippen molar-refractivity contribution in [1.82, 2.24) is 5.32 Å². The van der Waals surface area contributed by atoms with E-state index in [0.29, 0.717) is 14.8 Å². The summed E-state index contributed by atoms with van der Waals surface area (Å²) in [4.78, 5) is 12.2. The lowest BCUT2D eigenvalue weighted by Crippen LogP contribution is -2.17. The van der Waals surface area contributed by atoms with Crippen LogP contribution in [0.2, 0.25) is 0 Å². The predicted molar refractivity (Wildman–Crippen MR) is 98.5 cm³/mol. The van der Waals surface area contributed by atoms with Crippen molar-refractivity contribution < 1.29 is 22.7 Å². The Hall–Kier alpha value is -2.32. The molecule has 0 aromatic heterocycles. The van der Waals surface area contributed by atoms with E-state index >= 15 is 0 Å². The molecular formula is C18H12F3NO2S2. The van der Waals surface area contributed by atoms with Crippen molar-refractivity contribution in [2.45, 2.75) is 12.8 Å². The summed E-state index contributed by atoms with van der Waals surface area (Å²) >= 11 is 6.10. The largest absolute Gasteiger partial charge is 0.488 e. The molecule has 8 heteroatoms. The van der Waals surface area contributed by atoms with Gasteiger partial charge in [0.05, 0.1) is 10.5 Å². The minimum atomic E-state index is -4.48. The zero-order valence-corrected chi connectivity index (χ0v) is 14.8. The quantitative estimate of drug-likeness (QED) is 0.598. The lowest BCUT2D eigenvalue weighted by atomic mass is 10.1. The lowest BCUT2D eigenvalue weighted by Gasteiger charge is -2.13. The molecule has 1 amide bonds. The van der Waals surface area contributed by atoms with Crippen molar-refractivity contribution in [2.75, 3.05) is 0 Å². The Kier molecular flexibility index (Phi) is 5.33. The number of thiocarbonyl (C=S) groups is 1. The number of rotatable bonds is 4. The number of benzene rings is 2. The van der Waals surface area contributed by atoms with E-state index in [1.807, 2.05) is 0 Å². The van der Waals surface area contributed by atoms with Gasteiger partial charge in [-0.15, -0.1) is 0 Å². The Labute approximate surface area is 157 Å². The fourth-order valence-electron chi connectivity index (χ4n) is 2.33. The summed E-state index contributed by atoms with van der Waals surface area (Å²) in [6.07, 6.45) is -2.80. The van der Waals surface area contributed by atoms with E-state index in [1.165, 1.54) is 18.2 Å². The van der Waals surface area contributed by atoms with Gasteiger partial charge < -0.3 is 10.1 Å². The van der Waals surface area contributed by atoms with Crippen LogP contribution < -0.4 is 10.1 Å². The van der Waals surface area contributed by atoms with E-state index in [9.17, 15) is 18.0 Å². The summed E-state index contributed by atoms with van der Waals surface area (Å²) in [5.41, 5.74) is 0.602. The van der Waals surface area contributed by atoms with Crippen molar-refractivity contribution in [2.24, 2.45) is 0 Å². The minimum Gasteiger partial charge on any atom is -0.488 e. The monoisotopic (exact) mass is 395 g/mol. The Morgan fingerprint density at radius 3 is 2.62 bits per heavy atom. The van der Waals surface area contributed by atoms with Crippen LogP contribution in [0.4, 0.5) is 13.2 Å². The van der Waals surface area contributed by atoms with E-state index in [4.69, 9.17) is 17.0 Å². The molecule has 1 fully saturated rings. The van der Waals surface area contributed by atoms with E-state index in [1.54, 1.807) is 30.3 Å². The number of para-hydroxylation sites is 1. The highest BCUT2D eigenvalue weighted by molar-refractivity contribution is 8.26. The molecule has 2 aromatic rings. The van der Waals surface area contributed by atoms with Crippen LogP contribution in [0.25, 0.3) is 6.08 Å². The summed E-state index contributed by atoms with van der Waals surface area (Å²) in [5.74, 6) is -0.486. The zero-order valence-electron chi connectivity index (χ0n) is 13.2. The molecule has 0 atom stereocenters. The van der Waals surface area contributed by atoms with Crippen LogP contribution in [0.1, 0.15) is 16.7 Å². The second-order valence-corrected chi connectivity index (χ2v) is 7.10. The maximum absolute atomic E-state index is 13.0. The van der Waals surface area contributed by atoms with Gasteiger partial charge >= 0.3 is 6.18 Å². The maximum Gasteiger partial charge on any atom is 0.419 e. The number of amides is 1. The molecule has 0 radical (unpaired) electrons. The molecule has 3 rings (SSSR count). The molecule has 0 spiro atoms. The van der Waals surface area contributed by atoms with Gasteiger partial charge in [0.25, 0.3) is 5.91 Å². The van der Waals surface area contributed by atoms with Gasteiger partial charge in [-0.3, -0.25) is 4.79 Å². The number of alkyl halides is 3. The van der Waals surface area contributed by atoms with Crippen LogP contribution in [0.5, 0.6) is 5.75 Å². The Balaban J connectivity index is 1.76. The first-order chi connectivity index (χ1) is 12.3. The molecule has 1 saturated heterocycles. The number of halogens is 3. The third-order valence-electron chi connectivity index (χ3n) is 3.48. The van der Waals surface area contributed by atoms with Gasteiger partial charge in [0, 0.05) is 0 Å². The number of thioether (sulfide) groups is 1. The molecule has 2 aromatic carbocycles. The third-order valence-corrected chi connectivity index (χ3v) is 4.64. The molecule has 1 heterocycles. The van der Waals surface area contributed by atoms with E-state index in [-0.39, 0.29) is 18.3 Å². The normalized spacial score (nSPS) is 16.0. The molecule has 134 valence electrons. The van der Waals surface area contributed by atoms with Crippen LogP contribution in [0.3, 0.4) is 0 Å². The SMILES string of the molecule is O=C1NC(=S)SC1=Cc1cccc(COc2ccccc2C(F)(F)F)c1. The number of carbonyl (C=O) groups excluding carboxylic acids is 1. The highest BCUT2D eigenvalue weighted by Crippen LogP contribution is 2.36. The molecule has 1 N–H and O–H groups in total. The smallest absolute Gasteiger partial charge is 0.419 e. The van der Waals surface area contributed by atoms with Crippen molar-refractivity contribution in [3.05, 3.63) is 70.1 Å².